The highest BCUT2D eigenvalue weighted by Crippen LogP contribution is 2.45. The van der Waals surface area contributed by atoms with Gasteiger partial charge in [0.1, 0.15) is 11.5 Å². The number of allylic oxidation sites excluding steroid dienone is 1. The molecule has 1 aliphatic carbocycles. The fourth-order valence-electron chi connectivity index (χ4n) is 2.88. The molecule has 0 atom stereocenters. The highest BCUT2D eigenvalue weighted by atomic mass is 16.3. The van der Waals surface area contributed by atoms with Crippen LogP contribution in [0.5, 0.6) is 11.5 Å². The van der Waals surface area contributed by atoms with Gasteiger partial charge in [0.25, 0.3) is 0 Å². The Morgan fingerprint density at radius 1 is 0.842 bits per heavy atom. The first-order chi connectivity index (χ1) is 9.09. The zero-order valence-corrected chi connectivity index (χ0v) is 11.1. The normalized spacial score (nSPS) is 12.8. The van der Waals surface area contributed by atoms with Crippen molar-refractivity contribution in [1.82, 2.24) is 0 Å². The number of hydrogen-bond acceptors (Lipinski definition) is 2. The van der Waals surface area contributed by atoms with Crippen LogP contribution in [-0.4, -0.2) is 10.2 Å². The molecule has 0 bridgehead atoms. The van der Waals surface area contributed by atoms with Crippen molar-refractivity contribution in [1.29, 1.82) is 0 Å². The van der Waals surface area contributed by atoms with E-state index in [2.05, 4.69) is 0 Å². The summed E-state index contributed by atoms with van der Waals surface area (Å²) in [6, 6.07) is 11.2. The van der Waals surface area contributed by atoms with Gasteiger partial charge in [-0.05, 0) is 49.1 Å². The molecule has 2 heteroatoms. The van der Waals surface area contributed by atoms with Crippen molar-refractivity contribution in [2.45, 2.75) is 20.3 Å². The van der Waals surface area contributed by atoms with Crippen molar-refractivity contribution >= 4 is 5.57 Å². The highest BCUT2D eigenvalue weighted by Gasteiger charge is 2.25. The molecule has 0 aliphatic heterocycles. The Balaban J connectivity index is 2.40. The summed E-state index contributed by atoms with van der Waals surface area (Å²) in [4.78, 5) is 0. The van der Waals surface area contributed by atoms with E-state index in [1.165, 1.54) is 0 Å². The van der Waals surface area contributed by atoms with Gasteiger partial charge in [-0.3, -0.25) is 0 Å². The van der Waals surface area contributed by atoms with E-state index in [9.17, 15) is 10.2 Å². The Morgan fingerprint density at radius 2 is 1.32 bits per heavy atom. The number of fused-ring (bicyclic) bond motifs is 2. The maximum absolute atomic E-state index is 10.2. The predicted octanol–water partition coefficient (Wildman–Crippen LogP) is 3.84. The fourth-order valence-corrected chi connectivity index (χ4v) is 2.88. The van der Waals surface area contributed by atoms with Crippen molar-refractivity contribution < 1.29 is 10.2 Å². The van der Waals surface area contributed by atoms with Gasteiger partial charge in [0.2, 0.25) is 0 Å². The lowest BCUT2D eigenvalue weighted by atomic mass is 9.79. The molecule has 0 spiro atoms. The molecule has 0 radical (unpaired) electrons. The number of phenolic OH excluding ortho intramolecular Hbond substituents is 2. The van der Waals surface area contributed by atoms with Crippen LogP contribution in [0.1, 0.15) is 36.1 Å². The predicted molar refractivity (Wildman–Crippen MR) is 76.4 cm³/mol. The van der Waals surface area contributed by atoms with Crippen LogP contribution in [0, 0.1) is 0 Å². The Morgan fingerprint density at radius 3 is 1.74 bits per heavy atom. The lowest BCUT2D eigenvalue weighted by Gasteiger charge is -2.25. The molecular formula is C17H16O2. The molecule has 0 saturated heterocycles. The highest BCUT2D eigenvalue weighted by molar-refractivity contribution is 5.91. The number of phenols is 2. The van der Waals surface area contributed by atoms with Crippen molar-refractivity contribution in [3.05, 3.63) is 64.2 Å². The molecule has 0 amide bonds. The standard InChI is InChI=1S/C17H16O2/c1-10(2)15-16-11(5-3-7-13(16)18)9-12-6-4-8-14(19)17(12)15/h3-8,18-19H,9H2,1-2H3. The van der Waals surface area contributed by atoms with E-state index in [4.69, 9.17) is 0 Å². The van der Waals surface area contributed by atoms with Gasteiger partial charge in [0, 0.05) is 11.1 Å². The van der Waals surface area contributed by atoms with Gasteiger partial charge in [-0.2, -0.15) is 0 Å². The smallest absolute Gasteiger partial charge is 0.123 e. The minimum absolute atomic E-state index is 0.280. The third-order valence-corrected chi connectivity index (χ3v) is 3.64. The quantitative estimate of drug-likeness (QED) is 0.638. The first-order valence-corrected chi connectivity index (χ1v) is 6.39. The number of aromatic hydroxyl groups is 2. The minimum atomic E-state index is 0.280. The lowest BCUT2D eigenvalue weighted by Crippen LogP contribution is -2.08. The minimum Gasteiger partial charge on any atom is -0.507 e. The van der Waals surface area contributed by atoms with E-state index in [-0.39, 0.29) is 11.5 Å². The maximum atomic E-state index is 10.2. The van der Waals surface area contributed by atoms with E-state index in [0.29, 0.717) is 0 Å². The molecular weight excluding hydrogens is 236 g/mol. The van der Waals surface area contributed by atoms with Gasteiger partial charge >= 0.3 is 0 Å². The summed E-state index contributed by atoms with van der Waals surface area (Å²) in [5.41, 5.74) is 5.97. The lowest BCUT2D eigenvalue weighted by molar-refractivity contribution is 0.469. The SMILES string of the molecule is CC(C)=C1c2c(O)cccc2Cc2cccc(O)c21. The average molecular weight is 252 g/mol. The van der Waals surface area contributed by atoms with Gasteiger partial charge in [0.05, 0.1) is 0 Å². The molecule has 19 heavy (non-hydrogen) atoms. The van der Waals surface area contributed by atoms with Crippen LogP contribution in [-0.2, 0) is 6.42 Å². The van der Waals surface area contributed by atoms with Gasteiger partial charge in [-0.25, -0.2) is 0 Å². The molecule has 0 heterocycles. The Labute approximate surface area is 112 Å². The number of rotatable bonds is 0. The number of benzene rings is 2. The summed E-state index contributed by atoms with van der Waals surface area (Å²) in [5, 5.41) is 20.4. The largest absolute Gasteiger partial charge is 0.507 e. The second-order valence-corrected chi connectivity index (χ2v) is 5.17. The van der Waals surface area contributed by atoms with Gasteiger partial charge in [0.15, 0.2) is 0 Å². The van der Waals surface area contributed by atoms with E-state index >= 15 is 0 Å². The summed E-state index contributed by atoms with van der Waals surface area (Å²) in [6.45, 7) is 4.01. The first kappa shape index (κ1) is 11.8. The fraction of sp³-hybridized carbons (Fsp3) is 0.176. The van der Waals surface area contributed by atoms with E-state index in [1.807, 2.05) is 38.1 Å². The molecule has 96 valence electrons. The van der Waals surface area contributed by atoms with E-state index in [0.717, 1.165) is 39.8 Å². The number of hydrogen-bond donors (Lipinski definition) is 2. The maximum Gasteiger partial charge on any atom is 0.123 e. The zero-order valence-electron chi connectivity index (χ0n) is 11.1. The van der Waals surface area contributed by atoms with E-state index < -0.39 is 0 Å². The Kier molecular flexibility index (Phi) is 2.59. The molecule has 3 rings (SSSR count). The molecule has 2 aromatic rings. The third kappa shape index (κ3) is 1.72. The van der Waals surface area contributed by atoms with Crippen molar-refractivity contribution in [2.75, 3.05) is 0 Å². The van der Waals surface area contributed by atoms with Gasteiger partial charge < -0.3 is 10.2 Å². The second-order valence-electron chi connectivity index (χ2n) is 5.17. The zero-order chi connectivity index (χ0) is 13.6. The summed E-state index contributed by atoms with van der Waals surface area (Å²) in [6.07, 6.45) is 0.740. The Bertz CT molecular complexity index is 639. The summed E-state index contributed by atoms with van der Waals surface area (Å²) < 4.78 is 0. The third-order valence-electron chi connectivity index (χ3n) is 3.64. The monoisotopic (exact) mass is 252 g/mol. The molecule has 0 unspecified atom stereocenters. The topological polar surface area (TPSA) is 40.5 Å². The Hall–Kier alpha value is -2.22. The molecule has 0 fully saturated rings. The van der Waals surface area contributed by atoms with Crippen molar-refractivity contribution in [2.24, 2.45) is 0 Å². The molecule has 2 nitrogen and oxygen atoms in total. The van der Waals surface area contributed by atoms with Gasteiger partial charge in [-0.1, -0.05) is 29.8 Å². The van der Waals surface area contributed by atoms with Crippen molar-refractivity contribution in [3.8, 4) is 11.5 Å². The van der Waals surface area contributed by atoms with Crippen LogP contribution in [0.15, 0.2) is 42.0 Å². The van der Waals surface area contributed by atoms with Crippen LogP contribution in [0.3, 0.4) is 0 Å². The van der Waals surface area contributed by atoms with Crippen LogP contribution in [0.2, 0.25) is 0 Å². The molecule has 0 aromatic heterocycles. The second kappa shape index (κ2) is 4.16. The summed E-state index contributed by atoms with van der Waals surface area (Å²) in [7, 11) is 0. The van der Waals surface area contributed by atoms with Crippen molar-refractivity contribution in [3.63, 3.8) is 0 Å². The molecule has 0 saturated carbocycles. The van der Waals surface area contributed by atoms with Crippen LogP contribution < -0.4 is 0 Å². The summed E-state index contributed by atoms with van der Waals surface area (Å²) >= 11 is 0. The van der Waals surface area contributed by atoms with Crippen LogP contribution in [0.25, 0.3) is 5.57 Å². The van der Waals surface area contributed by atoms with Crippen LogP contribution >= 0.6 is 0 Å². The first-order valence-electron chi connectivity index (χ1n) is 6.39. The molecule has 1 aliphatic rings. The van der Waals surface area contributed by atoms with Crippen LogP contribution in [0.4, 0.5) is 0 Å². The molecule has 2 aromatic carbocycles. The van der Waals surface area contributed by atoms with E-state index in [1.54, 1.807) is 12.1 Å². The van der Waals surface area contributed by atoms with Gasteiger partial charge in [-0.15, -0.1) is 0 Å². The average Bonchev–Trinajstić information content (AvgIpc) is 2.37. The summed E-state index contributed by atoms with van der Waals surface area (Å²) in [5.74, 6) is 0.560. The molecule has 2 N–H and O–H groups in total.